The van der Waals surface area contributed by atoms with E-state index in [9.17, 15) is 14.7 Å². The molecule has 3 rings (SSSR count). The van der Waals surface area contributed by atoms with Crippen molar-refractivity contribution in [3.63, 3.8) is 0 Å². The van der Waals surface area contributed by atoms with Crippen LogP contribution in [0.1, 0.15) is 31.9 Å². The van der Waals surface area contributed by atoms with Crippen LogP contribution < -0.4 is 4.90 Å². The smallest absolute Gasteiger partial charge is 0.394 e. The van der Waals surface area contributed by atoms with Crippen LogP contribution >= 0.6 is 11.6 Å². The maximum absolute atomic E-state index is 12.4. The fourth-order valence-electron chi connectivity index (χ4n) is 3.16. The van der Waals surface area contributed by atoms with Gasteiger partial charge in [0.25, 0.3) is 0 Å². The SMILES string of the molecule is CC(C)(C)c1ccc(CN(C(=O)C(=O)O)c2ccc(-c3ccc(Cl)cc3)cc2)cc1. The Bertz CT molecular complexity index is 1030. The van der Waals surface area contributed by atoms with Crippen LogP contribution in [-0.2, 0) is 21.5 Å². The van der Waals surface area contributed by atoms with Crippen molar-refractivity contribution >= 4 is 29.2 Å². The summed E-state index contributed by atoms with van der Waals surface area (Å²) >= 11 is 5.94. The molecule has 0 heterocycles. The lowest BCUT2D eigenvalue weighted by Gasteiger charge is -2.23. The zero-order valence-electron chi connectivity index (χ0n) is 17.2. The van der Waals surface area contributed by atoms with Crippen LogP contribution in [0.3, 0.4) is 0 Å². The summed E-state index contributed by atoms with van der Waals surface area (Å²) in [7, 11) is 0. The number of anilines is 1. The highest BCUT2D eigenvalue weighted by Crippen LogP contribution is 2.27. The summed E-state index contributed by atoms with van der Waals surface area (Å²) in [6, 6.07) is 22.6. The van der Waals surface area contributed by atoms with Gasteiger partial charge in [-0.3, -0.25) is 9.69 Å². The number of carboxylic acids is 1. The normalized spacial score (nSPS) is 11.2. The molecule has 0 aliphatic heterocycles. The standard InChI is InChI=1S/C25H24ClNO3/c1-25(2,3)20-10-4-17(5-11-20)16-27(23(28)24(29)30)22-14-8-19(9-15-22)18-6-12-21(26)13-7-18/h4-15H,16H2,1-3H3,(H,29,30). The first kappa shape index (κ1) is 21.6. The minimum absolute atomic E-state index is 0.0204. The lowest BCUT2D eigenvalue weighted by Crippen LogP contribution is -2.36. The van der Waals surface area contributed by atoms with E-state index in [-0.39, 0.29) is 12.0 Å². The molecule has 0 saturated heterocycles. The van der Waals surface area contributed by atoms with Crippen molar-refractivity contribution in [2.75, 3.05) is 4.90 Å². The van der Waals surface area contributed by atoms with Crippen LogP contribution in [0.15, 0.2) is 72.8 Å². The first-order valence-electron chi connectivity index (χ1n) is 9.65. The topological polar surface area (TPSA) is 57.6 Å². The zero-order chi connectivity index (χ0) is 21.9. The molecule has 30 heavy (non-hydrogen) atoms. The largest absolute Gasteiger partial charge is 0.474 e. The maximum atomic E-state index is 12.4. The van der Waals surface area contributed by atoms with Gasteiger partial charge in [0.15, 0.2) is 0 Å². The molecular formula is C25H24ClNO3. The molecule has 0 aliphatic rings. The Hall–Kier alpha value is -3.11. The van der Waals surface area contributed by atoms with Crippen molar-refractivity contribution in [2.45, 2.75) is 32.7 Å². The maximum Gasteiger partial charge on any atom is 0.394 e. The summed E-state index contributed by atoms with van der Waals surface area (Å²) in [4.78, 5) is 25.1. The fourth-order valence-corrected chi connectivity index (χ4v) is 3.29. The number of halogens is 1. The molecule has 4 nitrogen and oxygen atoms in total. The van der Waals surface area contributed by atoms with Crippen LogP contribution in [0.25, 0.3) is 11.1 Å². The number of carbonyl (C=O) groups excluding carboxylic acids is 1. The van der Waals surface area contributed by atoms with E-state index in [1.807, 2.05) is 60.7 Å². The highest BCUT2D eigenvalue weighted by Gasteiger charge is 2.23. The third-order valence-corrected chi connectivity index (χ3v) is 5.20. The fraction of sp³-hybridized carbons (Fsp3) is 0.200. The molecule has 0 aromatic heterocycles. The van der Waals surface area contributed by atoms with E-state index in [2.05, 4.69) is 20.8 Å². The predicted octanol–water partition coefficient (Wildman–Crippen LogP) is 5.92. The van der Waals surface area contributed by atoms with Crippen molar-refractivity contribution in [1.29, 1.82) is 0 Å². The molecule has 5 heteroatoms. The molecule has 3 aromatic rings. The van der Waals surface area contributed by atoms with Crippen LogP contribution in [0, 0.1) is 0 Å². The average molecular weight is 422 g/mol. The van der Waals surface area contributed by atoms with Crippen LogP contribution in [0.5, 0.6) is 0 Å². The Balaban J connectivity index is 1.87. The molecule has 0 radical (unpaired) electrons. The molecule has 154 valence electrons. The van der Waals surface area contributed by atoms with Gasteiger partial charge in [-0.05, 0) is 51.9 Å². The van der Waals surface area contributed by atoms with Crippen LogP contribution in [-0.4, -0.2) is 17.0 Å². The monoisotopic (exact) mass is 421 g/mol. The zero-order valence-corrected chi connectivity index (χ0v) is 18.0. The van der Waals surface area contributed by atoms with Crippen molar-refractivity contribution < 1.29 is 14.7 Å². The van der Waals surface area contributed by atoms with Gasteiger partial charge in [-0.25, -0.2) is 4.79 Å². The highest BCUT2D eigenvalue weighted by atomic mass is 35.5. The molecule has 0 saturated carbocycles. The van der Waals surface area contributed by atoms with Crippen molar-refractivity contribution in [3.8, 4) is 11.1 Å². The summed E-state index contributed by atoms with van der Waals surface area (Å²) < 4.78 is 0. The van der Waals surface area contributed by atoms with Crippen LogP contribution in [0.4, 0.5) is 5.69 Å². The van der Waals surface area contributed by atoms with E-state index in [0.29, 0.717) is 10.7 Å². The van der Waals surface area contributed by atoms with Crippen molar-refractivity contribution in [3.05, 3.63) is 88.9 Å². The van der Waals surface area contributed by atoms with Gasteiger partial charge in [0.2, 0.25) is 0 Å². The number of nitrogens with zero attached hydrogens (tertiary/aromatic N) is 1. The summed E-state index contributed by atoms with van der Waals surface area (Å²) in [5.74, 6) is -2.45. The Morgan fingerprint density at radius 3 is 1.80 bits per heavy atom. The second-order valence-corrected chi connectivity index (χ2v) is 8.63. The average Bonchev–Trinajstić information content (AvgIpc) is 2.72. The molecule has 1 N–H and O–H groups in total. The number of aliphatic carboxylic acids is 1. The minimum atomic E-state index is -1.48. The van der Waals surface area contributed by atoms with Gasteiger partial charge in [-0.2, -0.15) is 0 Å². The third kappa shape index (κ3) is 5.08. The van der Waals surface area contributed by atoms with E-state index in [0.717, 1.165) is 16.7 Å². The second kappa shape index (κ2) is 8.72. The molecule has 0 spiro atoms. The number of benzene rings is 3. The predicted molar refractivity (Wildman–Crippen MR) is 121 cm³/mol. The summed E-state index contributed by atoms with van der Waals surface area (Å²) in [6.45, 7) is 6.56. The molecule has 3 aromatic carbocycles. The van der Waals surface area contributed by atoms with E-state index in [1.54, 1.807) is 12.1 Å². The van der Waals surface area contributed by atoms with Gasteiger partial charge < -0.3 is 5.11 Å². The number of rotatable bonds is 4. The van der Waals surface area contributed by atoms with E-state index >= 15 is 0 Å². The molecule has 0 bridgehead atoms. The number of amides is 1. The van der Waals surface area contributed by atoms with Gasteiger partial charge in [-0.1, -0.05) is 80.9 Å². The molecule has 0 fully saturated rings. The van der Waals surface area contributed by atoms with E-state index < -0.39 is 11.9 Å². The summed E-state index contributed by atoms with van der Waals surface area (Å²) in [5, 5.41) is 9.96. The molecule has 1 amide bonds. The van der Waals surface area contributed by atoms with E-state index in [4.69, 9.17) is 11.6 Å². The first-order valence-corrected chi connectivity index (χ1v) is 10.0. The van der Waals surface area contributed by atoms with Gasteiger partial charge in [-0.15, -0.1) is 0 Å². The van der Waals surface area contributed by atoms with Gasteiger partial charge in [0.1, 0.15) is 0 Å². The van der Waals surface area contributed by atoms with Crippen molar-refractivity contribution in [2.24, 2.45) is 0 Å². The first-order chi connectivity index (χ1) is 14.1. The number of carboxylic acid groups (broad SMARTS) is 1. The van der Waals surface area contributed by atoms with Crippen LogP contribution in [0.2, 0.25) is 5.02 Å². The number of hydrogen-bond donors (Lipinski definition) is 1. The molecule has 0 unspecified atom stereocenters. The minimum Gasteiger partial charge on any atom is -0.474 e. The summed E-state index contributed by atoms with van der Waals surface area (Å²) in [6.07, 6.45) is 0. The van der Waals surface area contributed by atoms with Gasteiger partial charge in [0.05, 0.1) is 6.54 Å². The van der Waals surface area contributed by atoms with Gasteiger partial charge in [0, 0.05) is 10.7 Å². The van der Waals surface area contributed by atoms with Gasteiger partial charge >= 0.3 is 11.9 Å². The highest BCUT2D eigenvalue weighted by molar-refractivity contribution is 6.37. The number of carbonyl (C=O) groups is 2. The molecule has 0 aliphatic carbocycles. The molecule has 0 atom stereocenters. The third-order valence-electron chi connectivity index (χ3n) is 4.95. The quantitative estimate of drug-likeness (QED) is 0.532. The Kier molecular flexibility index (Phi) is 6.28. The Morgan fingerprint density at radius 2 is 1.33 bits per heavy atom. The summed E-state index contributed by atoms with van der Waals surface area (Å²) in [5.41, 5.74) is 4.52. The molecular weight excluding hydrogens is 398 g/mol. The van der Waals surface area contributed by atoms with Crippen molar-refractivity contribution in [1.82, 2.24) is 0 Å². The lowest BCUT2D eigenvalue weighted by atomic mass is 9.87. The Morgan fingerprint density at radius 1 is 0.833 bits per heavy atom. The second-order valence-electron chi connectivity index (χ2n) is 8.20. The lowest BCUT2D eigenvalue weighted by molar-refractivity contribution is -0.148. The number of hydrogen-bond acceptors (Lipinski definition) is 2. The Labute approximate surface area is 181 Å². The van der Waals surface area contributed by atoms with E-state index in [1.165, 1.54) is 10.5 Å².